The van der Waals surface area contributed by atoms with Gasteiger partial charge < -0.3 is 14.8 Å². The van der Waals surface area contributed by atoms with Gasteiger partial charge in [-0.2, -0.15) is 0 Å². The molecule has 1 heterocycles. The average Bonchev–Trinajstić information content (AvgIpc) is 2.81. The van der Waals surface area contributed by atoms with Crippen LogP contribution in [0.2, 0.25) is 0 Å². The lowest BCUT2D eigenvalue weighted by Crippen LogP contribution is -2.05. The molecule has 7 nitrogen and oxygen atoms in total. The van der Waals surface area contributed by atoms with Crippen LogP contribution in [0.3, 0.4) is 0 Å². The quantitative estimate of drug-likeness (QED) is 0.642. The maximum atomic E-state index is 11.0. The fourth-order valence-corrected chi connectivity index (χ4v) is 1.75. The zero-order valence-corrected chi connectivity index (χ0v) is 10.6. The van der Waals surface area contributed by atoms with Crippen LogP contribution in [-0.2, 0) is 6.54 Å². The summed E-state index contributed by atoms with van der Waals surface area (Å²) in [4.78, 5) is 21.0. The molecular weight excluding hydrogens is 264 g/mol. The third-order valence-corrected chi connectivity index (χ3v) is 2.69. The topological polar surface area (TPSA) is 106 Å². The highest BCUT2D eigenvalue weighted by Gasteiger charge is 2.19. The van der Waals surface area contributed by atoms with Gasteiger partial charge >= 0.3 is 5.97 Å². The number of hydrogen-bond donors (Lipinski definition) is 2. The summed E-state index contributed by atoms with van der Waals surface area (Å²) < 4.78 is 5.36. The van der Waals surface area contributed by atoms with Gasteiger partial charge in [0, 0.05) is 11.8 Å². The summed E-state index contributed by atoms with van der Waals surface area (Å²) >= 11 is 0. The van der Waals surface area contributed by atoms with Crippen LogP contribution in [0.5, 0.6) is 0 Å². The Morgan fingerprint density at radius 2 is 2.15 bits per heavy atom. The van der Waals surface area contributed by atoms with Crippen LogP contribution in [0.25, 0.3) is 0 Å². The van der Waals surface area contributed by atoms with E-state index in [1.165, 1.54) is 18.2 Å². The Morgan fingerprint density at radius 3 is 2.70 bits per heavy atom. The molecule has 0 aliphatic carbocycles. The molecule has 0 aliphatic heterocycles. The van der Waals surface area contributed by atoms with Crippen LogP contribution >= 0.6 is 0 Å². The lowest BCUT2D eigenvalue weighted by Gasteiger charge is -2.06. The predicted molar refractivity (Wildman–Crippen MR) is 70.8 cm³/mol. The fraction of sp³-hybridized carbons (Fsp3) is 0.154. The van der Waals surface area contributed by atoms with Gasteiger partial charge in [-0.1, -0.05) is 0 Å². The summed E-state index contributed by atoms with van der Waals surface area (Å²) in [6.45, 7) is 2.18. The molecule has 0 atom stereocenters. The van der Waals surface area contributed by atoms with Crippen molar-refractivity contribution in [1.82, 2.24) is 0 Å². The van der Waals surface area contributed by atoms with Gasteiger partial charge in [0.2, 0.25) is 0 Å². The summed E-state index contributed by atoms with van der Waals surface area (Å²) in [7, 11) is 0. The molecule has 0 radical (unpaired) electrons. The zero-order chi connectivity index (χ0) is 14.7. The lowest BCUT2D eigenvalue weighted by molar-refractivity contribution is -0.385. The van der Waals surface area contributed by atoms with E-state index in [0.29, 0.717) is 18.0 Å². The van der Waals surface area contributed by atoms with Gasteiger partial charge in [0.05, 0.1) is 11.5 Å². The summed E-state index contributed by atoms with van der Waals surface area (Å²) in [5.74, 6) is 0.128. The number of anilines is 1. The first kappa shape index (κ1) is 13.6. The van der Waals surface area contributed by atoms with Crippen molar-refractivity contribution in [2.45, 2.75) is 13.5 Å². The van der Waals surface area contributed by atoms with Crippen LogP contribution < -0.4 is 5.32 Å². The van der Waals surface area contributed by atoms with E-state index >= 15 is 0 Å². The van der Waals surface area contributed by atoms with E-state index in [4.69, 9.17) is 9.52 Å². The number of carbonyl (C=O) groups is 1. The monoisotopic (exact) mass is 276 g/mol. The first-order valence-corrected chi connectivity index (χ1v) is 5.78. The molecule has 0 aliphatic rings. The molecule has 1 aromatic heterocycles. The molecular formula is C13H12N2O5. The largest absolute Gasteiger partial charge is 0.477 e. The standard InChI is InChI=1S/C13H12N2O5/c1-8-2-4-10(20-8)7-14-9-3-5-12(15(18)19)11(6-9)13(16)17/h2-6,14H,7H2,1H3,(H,16,17). The van der Waals surface area contributed by atoms with E-state index in [2.05, 4.69) is 5.32 Å². The van der Waals surface area contributed by atoms with E-state index in [9.17, 15) is 14.9 Å². The van der Waals surface area contributed by atoms with Gasteiger partial charge in [0.25, 0.3) is 5.69 Å². The van der Waals surface area contributed by atoms with Crippen molar-refractivity contribution in [2.24, 2.45) is 0 Å². The molecule has 1 aromatic carbocycles. The highest BCUT2D eigenvalue weighted by molar-refractivity contribution is 5.93. The molecule has 0 amide bonds. The Labute approximate surface area is 114 Å². The molecule has 2 aromatic rings. The maximum Gasteiger partial charge on any atom is 0.342 e. The van der Waals surface area contributed by atoms with E-state index in [0.717, 1.165) is 5.76 Å². The van der Waals surface area contributed by atoms with Gasteiger partial charge in [0.1, 0.15) is 17.1 Å². The number of hydrogen-bond acceptors (Lipinski definition) is 5. The number of nitro groups is 1. The molecule has 0 bridgehead atoms. The number of nitrogens with one attached hydrogen (secondary N) is 1. The van der Waals surface area contributed by atoms with Crippen molar-refractivity contribution in [1.29, 1.82) is 0 Å². The second-order valence-corrected chi connectivity index (χ2v) is 4.16. The Kier molecular flexibility index (Phi) is 3.69. The minimum atomic E-state index is -1.34. The van der Waals surface area contributed by atoms with Crippen molar-refractivity contribution < 1.29 is 19.2 Å². The van der Waals surface area contributed by atoms with Crippen LogP contribution in [-0.4, -0.2) is 16.0 Å². The molecule has 7 heteroatoms. The molecule has 0 saturated carbocycles. The Bertz CT molecular complexity index is 663. The van der Waals surface area contributed by atoms with Crippen molar-refractivity contribution in [3.8, 4) is 0 Å². The average molecular weight is 276 g/mol. The highest BCUT2D eigenvalue weighted by atomic mass is 16.6. The number of rotatable bonds is 5. The second kappa shape index (κ2) is 5.43. The van der Waals surface area contributed by atoms with Gasteiger partial charge in [-0.15, -0.1) is 0 Å². The summed E-state index contributed by atoms with van der Waals surface area (Å²) in [5, 5.41) is 22.7. The molecule has 20 heavy (non-hydrogen) atoms. The zero-order valence-electron chi connectivity index (χ0n) is 10.6. The highest BCUT2D eigenvalue weighted by Crippen LogP contribution is 2.23. The minimum absolute atomic E-state index is 0.351. The number of nitro benzene ring substituents is 1. The lowest BCUT2D eigenvalue weighted by atomic mass is 10.1. The van der Waals surface area contributed by atoms with E-state index in [1.807, 2.05) is 13.0 Å². The van der Waals surface area contributed by atoms with Crippen molar-refractivity contribution in [3.05, 3.63) is 57.5 Å². The number of aromatic carboxylic acids is 1. The van der Waals surface area contributed by atoms with Crippen molar-refractivity contribution >= 4 is 17.3 Å². The number of nitrogens with zero attached hydrogens (tertiary/aromatic N) is 1. The minimum Gasteiger partial charge on any atom is -0.477 e. The third kappa shape index (κ3) is 2.94. The molecule has 0 fully saturated rings. The summed E-state index contributed by atoms with van der Waals surface area (Å²) in [6.07, 6.45) is 0. The van der Waals surface area contributed by atoms with Crippen LogP contribution in [0.1, 0.15) is 21.9 Å². The van der Waals surface area contributed by atoms with Gasteiger partial charge in [0.15, 0.2) is 0 Å². The first-order chi connectivity index (χ1) is 9.47. The smallest absolute Gasteiger partial charge is 0.342 e. The van der Waals surface area contributed by atoms with Crippen molar-refractivity contribution in [3.63, 3.8) is 0 Å². The molecule has 2 rings (SSSR count). The summed E-state index contributed by atoms with van der Waals surface area (Å²) in [6, 6.07) is 7.47. The molecule has 0 saturated heterocycles. The van der Waals surface area contributed by atoms with Gasteiger partial charge in [-0.3, -0.25) is 10.1 Å². The Morgan fingerprint density at radius 1 is 1.40 bits per heavy atom. The van der Waals surface area contributed by atoms with E-state index in [1.54, 1.807) is 6.07 Å². The molecule has 104 valence electrons. The normalized spacial score (nSPS) is 10.2. The molecule has 2 N–H and O–H groups in total. The molecule has 0 spiro atoms. The van der Waals surface area contributed by atoms with Gasteiger partial charge in [-0.25, -0.2) is 4.79 Å². The number of carboxylic acids is 1. The number of furan rings is 1. The van der Waals surface area contributed by atoms with Crippen LogP contribution in [0.15, 0.2) is 34.7 Å². The Balaban J connectivity index is 2.18. The number of benzene rings is 1. The first-order valence-electron chi connectivity index (χ1n) is 5.78. The predicted octanol–water partition coefficient (Wildman–Crippen LogP) is 2.81. The number of carboxylic acid groups (broad SMARTS) is 1. The van der Waals surface area contributed by atoms with E-state index < -0.39 is 16.6 Å². The molecule has 0 unspecified atom stereocenters. The fourth-order valence-electron chi connectivity index (χ4n) is 1.75. The van der Waals surface area contributed by atoms with Crippen molar-refractivity contribution in [2.75, 3.05) is 5.32 Å². The SMILES string of the molecule is Cc1ccc(CNc2ccc([N+](=O)[O-])c(C(=O)O)c2)o1. The van der Waals surface area contributed by atoms with Crippen LogP contribution in [0, 0.1) is 17.0 Å². The van der Waals surface area contributed by atoms with Crippen LogP contribution in [0.4, 0.5) is 11.4 Å². The number of aryl methyl sites for hydroxylation is 1. The summed E-state index contributed by atoms with van der Waals surface area (Å²) in [5.41, 5.74) is -0.311. The van der Waals surface area contributed by atoms with E-state index in [-0.39, 0.29) is 5.56 Å². The maximum absolute atomic E-state index is 11.0. The second-order valence-electron chi connectivity index (χ2n) is 4.16. The van der Waals surface area contributed by atoms with Gasteiger partial charge in [-0.05, 0) is 31.2 Å². The third-order valence-electron chi connectivity index (χ3n) is 2.69. The Hall–Kier alpha value is -2.83.